The first-order valence-electron chi connectivity index (χ1n) is 8.01. The molecule has 2 aliphatic carbocycles. The minimum Gasteiger partial charge on any atom is -0.482 e. The summed E-state index contributed by atoms with van der Waals surface area (Å²) in [5.41, 5.74) is 0.492. The molecule has 1 amide bonds. The molecule has 0 aromatic heterocycles. The van der Waals surface area contributed by atoms with E-state index < -0.39 is 0 Å². The largest absolute Gasteiger partial charge is 0.482 e. The van der Waals surface area contributed by atoms with Crippen molar-refractivity contribution in [1.29, 1.82) is 0 Å². The van der Waals surface area contributed by atoms with Gasteiger partial charge in [0.25, 0.3) is 5.91 Å². The second-order valence-corrected chi connectivity index (χ2v) is 7.86. The Bertz CT molecular complexity index is 586. The molecule has 0 aliphatic heterocycles. The number of carbonyl (C=O) groups excluding carboxylic acids is 1. The van der Waals surface area contributed by atoms with E-state index in [1.165, 1.54) is 12.8 Å². The van der Waals surface area contributed by atoms with Crippen molar-refractivity contribution in [1.82, 2.24) is 5.32 Å². The second-order valence-electron chi connectivity index (χ2n) is 7.45. The first-order chi connectivity index (χ1) is 10.3. The van der Waals surface area contributed by atoms with Gasteiger partial charge in [-0.3, -0.25) is 4.79 Å². The van der Waals surface area contributed by atoms with E-state index in [1.54, 1.807) is 12.1 Å². The number of para-hydroxylation sites is 1. The number of fused-ring (bicyclic) bond motifs is 2. The predicted octanol–water partition coefficient (Wildman–Crippen LogP) is 4.05. The van der Waals surface area contributed by atoms with E-state index >= 15 is 0 Å². The van der Waals surface area contributed by atoms with E-state index in [2.05, 4.69) is 26.1 Å². The molecule has 0 saturated heterocycles. The molecular formula is C18H24ClNO2. The lowest BCUT2D eigenvalue weighted by Crippen LogP contribution is -2.48. The SMILES string of the molecule is CC1(C)[C@@H]2CC[C@@]1(C)[C@H](NC(=O)COc1ccccc1Cl)C2. The monoisotopic (exact) mass is 321 g/mol. The zero-order chi connectivity index (χ0) is 16.0. The number of carbonyl (C=O) groups is 1. The van der Waals surface area contributed by atoms with E-state index in [-0.39, 0.29) is 24.0 Å². The molecule has 3 atom stereocenters. The number of hydrogen-bond donors (Lipinski definition) is 1. The van der Waals surface area contributed by atoms with Crippen LogP contribution in [0.4, 0.5) is 0 Å². The Kier molecular flexibility index (Phi) is 3.88. The van der Waals surface area contributed by atoms with Crippen LogP contribution in [0.25, 0.3) is 0 Å². The fourth-order valence-electron chi connectivity index (χ4n) is 4.36. The zero-order valence-electron chi connectivity index (χ0n) is 13.5. The number of halogens is 1. The van der Waals surface area contributed by atoms with Crippen molar-refractivity contribution in [2.24, 2.45) is 16.7 Å². The molecule has 3 rings (SSSR count). The summed E-state index contributed by atoms with van der Waals surface area (Å²) in [7, 11) is 0. The summed E-state index contributed by atoms with van der Waals surface area (Å²) >= 11 is 6.03. The fraction of sp³-hybridized carbons (Fsp3) is 0.611. The van der Waals surface area contributed by atoms with Crippen molar-refractivity contribution in [3.05, 3.63) is 29.3 Å². The second kappa shape index (κ2) is 5.45. The van der Waals surface area contributed by atoms with Crippen LogP contribution in [0, 0.1) is 16.7 Å². The quantitative estimate of drug-likeness (QED) is 0.908. The van der Waals surface area contributed by atoms with Crippen LogP contribution in [0.1, 0.15) is 40.0 Å². The van der Waals surface area contributed by atoms with Gasteiger partial charge >= 0.3 is 0 Å². The van der Waals surface area contributed by atoms with E-state index in [9.17, 15) is 4.79 Å². The lowest BCUT2D eigenvalue weighted by molar-refractivity contribution is -0.124. The Morgan fingerprint density at radius 1 is 1.36 bits per heavy atom. The van der Waals surface area contributed by atoms with Gasteiger partial charge in [0.05, 0.1) is 5.02 Å². The molecule has 2 fully saturated rings. The van der Waals surface area contributed by atoms with Crippen LogP contribution in [-0.2, 0) is 4.79 Å². The highest BCUT2D eigenvalue weighted by Crippen LogP contribution is 2.65. The predicted molar refractivity (Wildman–Crippen MR) is 88.1 cm³/mol. The van der Waals surface area contributed by atoms with Crippen molar-refractivity contribution < 1.29 is 9.53 Å². The van der Waals surface area contributed by atoms with Gasteiger partial charge in [0.2, 0.25) is 0 Å². The third-order valence-electron chi connectivity index (χ3n) is 6.32. The highest BCUT2D eigenvalue weighted by Gasteiger charge is 2.61. The highest BCUT2D eigenvalue weighted by molar-refractivity contribution is 6.32. The summed E-state index contributed by atoms with van der Waals surface area (Å²) in [5, 5.41) is 3.72. The Hall–Kier alpha value is -1.22. The van der Waals surface area contributed by atoms with Gasteiger partial charge in [0, 0.05) is 6.04 Å². The summed E-state index contributed by atoms with van der Waals surface area (Å²) < 4.78 is 5.53. The number of hydrogen-bond acceptors (Lipinski definition) is 2. The number of ether oxygens (including phenoxy) is 1. The van der Waals surface area contributed by atoms with E-state index in [0.29, 0.717) is 22.1 Å². The Morgan fingerprint density at radius 3 is 2.68 bits per heavy atom. The van der Waals surface area contributed by atoms with Crippen molar-refractivity contribution in [3.63, 3.8) is 0 Å². The molecule has 120 valence electrons. The molecular weight excluding hydrogens is 298 g/mol. The summed E-state index contributed by atoms with van der Waals surface area (Å²) in [6.07, 6.45) is 3.56. The molecule has 0 radical (unpaired) electrons. The molecule has 3 nitrogen and oxygen atoms in total. The molecule has 2 saturated carbocycles. The standard InChI is InChI=1S/C18H24ClNO2/c1-17(2)12-8-9-18(17,3)15(10-12)20-16(21)11-22-14-7-5-4-6-13(14)19/h4-7,12,15H,8-11H2,1-3H3,(H,20,21)/t12-,15-,18+/m1/s1. The molecule has 1 aromatic carbocycles. The van der Waals surface area contributed by atoms with Gasteiger partial charge in [0.15, 0.2) is 6.61 Å². The van der Waals surface area contributed by atoms with Gasteiger partial charge in [-0.25, -0.2) is 0 Å². The number of rotatable bonds is 4. The van der Waals surface area contributed by atoms with Crippen LogP contribution < -0.4 is 10.1 Å². The third kappa shape index (κ3) is 2.40. The summed E-state index contributed by atoms with van der Waals surface area (Å²) in [6, 6.07) is 7.47. The van der Waals surface area contributed by atoms with Crippen LogP contribution in [0.15, 0.2) is 24.3 Å². The van der Waals surface area contributed by atoms with Gasteiger partial charge in [-0.05, 0) is 48.1 Å². The highest BCUT2D eigenvalue weighted by atomic mass is 35.5. The van der Waals surface area contributed by atoms with Crippen LogP contribution in [0.5, 0.6) is 5.75 Å². The molecule has 0 heterocycles. The van der Waals surface area contributed by atoms with Crippen LogP contribution in [0.3, 0.4) is 0 Å². The van der Waals surface area contributed by atoms with Crippen molar-refractivity contribution >= 4 is 17.5 Å². The molecule has 1 N–H and O–H groups in total. The number of amides is 1. The van der Waals surface area contributed by atoms with Gasteiger partial charge in [-0.1, -0.05) is 44.5 Å². The summed E-state index contributed by atoms with van der Waals surface area (Å²) in [5.74, 6) is 1.21. The van der Waals surface area contributed by atoms with Crippen molar-refractivity contribution in [2.75, 3.05) is 6.61 Å². The number of benzene rings is 1. The lowest BCUT2D eigenvalue weighted by atomic mass is 9.69. The Labute approximate surface area is 137 Å². The summed E-state index contributed by atoms with van der Waals surface area (Å²) in [4.78, 5) is 12.2. The van der Waals surface area contributed by atoms with Crippen molar-refractivity contribution in [3.8, 4) is 5.75 Å². The van der Waals surface area contributed by atoms with Crippen LogP contribution in [-0.4, -0.2) is 18.6 Å². The minimum atomic E-state index is -0.0607. The smallest absolute Gasteiger partial charge is 0.258 e. The fourth-order valence-corrected chi connectivity index (χ4v) is 4.55. The number of nitrogens with one attached hydrogen (secondary N) is 1. The molecule has 1 aromatic rings. The van der Waals surface area contributed by atoms with Crippen molar-refractivity contribution in [2.45, 2.75) is 46.1 Å². The molecule has 0 spiro atoms. The Morgan fingerprint density at radius 2 is 2.09 bits per heavy atom. The minimum absolute atomic E-state index is 0.0153. The maximum Gasteiger partial charge on any atom is 0.258 e. The van der Waals surface area contributed by atoms with Gasteiger partial charge in [0.1, 0.15) is 5.75 Å². The zero-order valence-corrected chi connectivity index (χ0v) is 14.2. The molecule has 0 unspecified atom stereocenters. The first-order valence-corrected chi connectivity index (χ1v) is 8.39. The van der Waals surface area contributed by atoms with Gasteiger partial charge in [-0.15, -0.1) is 0 Å². The third-order valence-corrected chi connectivity index (χ3v) is 6.64. The molecule has 22 heavy (non-hydrogen) atoms. The maximum absolute atomic E-state index is 12.2. The van der Waals surface area contributed by atoms with Gasteiger partial charge < -0.3 is 10.1 Å². The normalized spacial score (nSPS) is 32.0. The maximum atomic E-state index is 12.2. The molecule has 2 aliphatic rings. The first kappa shape index (κ1) is 15.7. The lowest BCUT2D eigenvalue weighted by Gasteiger charge is -2.39. The van der Waals surface area contributed by atoms with E-state index in [0.717, 1.165) is 6.42 Å². The molecule has 2 bridgehead atoms. The topological polar surface area (TPSA) is 38.3 Å². The average molecular weight is 322 g/mol. The average Bonchev–Trinajstić information content (AvgIpc) is 2.80. The van der Waals surface area contributed by atoms with Gasteiger partial charge in [-0.2, -0.15) is 0 Å². The van der Waals surface area contributed by atoms with Crippen LogP contribution in [0.2, 0.25) is 5.02 Å². The van der Waals surface area contributed by atoms with E-state index in [1.807, 2.05) is 12.1 Å². The summed E-state index contributed by atoms with van der Waals surface area (Å²) in [6.45, 7) is 7.02. The van der Waals surface area contributed by atoms with Crippen LogP contribution >= 0.6 is 11.6 Å². The Balaban J connectivity index is 1.59. The molecule has 4 heteroatoms. The van der Waals surface area contributed by atoms with E-state index in [4.69, 9.17) is 16.3 Å².